The lowest BCUT2D eigenvalue weighted by Crippen LogP contribution is -1.90. The first-order chi connectivity index (χ1) is 9.97. The Hall–Kier alpha value is -2.01. The number of halogens is 1. The summed E-state index contributed by atoms with van der Waals surface area (Å²) in [5, 5.41) is 18.9. The van der Waals surface area contributed by atoms with E-state index in [1.807, 2.05) is 29.5 Å². The molecule has 0 radical (unpaired) electrons. The Balaban J connectivity index is 2.41. The molecule has 0 aliphatic rings. The molecule has 0 bridgehead atoms. The molecule has 0 fully saturated rings. The van der Waals surface area contributed by atoms with Crippen LogP contribution in [0.25, 0.3) is 0 Å². The smallest absolute Gasteiger partial charge is 0.237 e. The molecule has 1 heterocycles. The lowest BCUT2D eigenvalue weighted by molar-refractivity contribution is 0.371. The summed E-state index contributed by atoms with van der Waals surface area (Å²) in [4.78, 5) is 4.22. The molecule has 1 aromatic heterocycles. The van der Waals surface area contributed by atoms with Gasteiger partial charge in [-0.2, -0.15) is 5.26 Å². The van der Waals surface area contributed by atoms with Crippen LogP contribution in [0.1, 0.15) is 22.5 Å². The number of hydrogen-bond acceptors (Lipinski definition) is 5. The van der Waals surface area contributed by atoms with Gasteiger partial charge in [-0.25, -0.2) is 4.99 Å². The second kappa shape index (κ2) is 6.18. The van der Waals surface area contributed by atoms with E-state index in [1.165, 1.54) is 7.11 Å². The summed E-state index contributed by atoms with van der Waals surface area (Å²) >= 11 is 2.01. The monoisotopic (exact) mass is 396 g/mol. The molecule has 0 unspecified atom stereocenters. The average Bonchev–Trinajstić information content (AvgIpc) is 2.74. The number of methoxy groups -OCH3 is 1. The van der Waals surface area contributed by atoms with Crippen molar-refractivity contribution < 1.29 is 14.3 Å². The largest absolute Gasteiger partial charge is 0.504 e. The zero-order valence-corrected chi connectivity index (χ0v) is 13.9. The van der Waals surface area contributed by atoms with Crippen LogP contribution in [-0.4, -0.2) is 18.4 Å². The molecular weight excluding hydrogens is 383 g/mol. The third-order valence-corrected chi connectivity index (χ3v) is 3.90. The van der Waals surface area contributed by atoms with Crippen LogP contribution in [0.15, 0.2) is 21.5 Å². The summed E-state index contributed by atoms with van der Waals surface area (Å²) in [5.74, 6) is 1.43. The molecule has 0 atom stereocenters. The molecular formula is C15H13IN2O3. The average molecular weight is 396 g/mol. The Labute approximate surface area is 136 Å². The number of nitrogens with zero attached hydrogens (tertiary/aromatic N) is 2. The summed E-state index contributed by atoms with van der Waals surface area (Å²) in [6.45, 7) is 3.62. The van der Waals surface area contributed by atoms with Gasteiger partial charge in [0.05, 0.1) is 10.7 Å². The number of phenolic OH excluding ortho intramolecular Hbond substituents is 1. The molecule has 5 nitrogen and oxygen atoms in total. The molecule has 21 heavy (non-hydrogen) atoms. The Bertz CT molecular complexity index is 757. The van der Waals surface area contributed by atoms with Crippen LogP contribution in [0.2, 0.25) is 0 Å². The van der Waals surface area contributed by atoms with Gasteiger partial charge in [0.15, 0.2) is 11.5 Å². The third-order valence-electron chi connectivity index (χ3n) is 3.08. The van der Waals surface area contributed by atoms with Gasteiger partial charge in [-0.3, -0.25) is 0 Å². The van der Waals surface area contributed by atoms with Gasteiger partial charge in [0.2, 0.25) is 5.88 Å². The second-order valence-electron chi connectivity index (χ2n) is 4.39. The highest BCUT2D eigenvalue weighted by Gasteiger charge is 2.13. The topological polar surface area (TPSA) is 78.8 Å². The molecule has 0 saturated carbocycles. The molecule has 108 valence electrons. The third kappa shape index (κ3) is 3.03. The van der Waals surface area contributed by atoms with E-state index in [4.69, 9.17) is 14.4 Å². The zero-order chi connectivity index (χ0) is 15.6. The maximum atomic E-state index is 9.79. The number of aromatic hydroxyl groups is 1. The lowest BCUT2D eigenvalue weighted by atomic mass is 10.2. The first-order valence-electron chi connectivity index (χ1n) is 6.08. The summed E-state index contributed by atoms with van der Waals surface area (Å²) in [6.07, 6.45) is 1.57. The van der Waals surface area contributed by atoms with Crippen LogP contribution in [0.4, 0.5) is 5.88 Å². The molecule has 0 aliphatic heterocycles. The predicted octanol–water partition coefficient (Wildman–Crippen LogP) is 3.84. The first-order valence-corrected chi connectivity index (χ1v) is 7.16. The van der Waals surface area contributed by atoms with Crippen LogP contribution < -0.4 is 4.74 Å². The first kappa shape index (κ1) is 15.4. The standard InChI is InChI=1S/C15H13IN2O3/c1-8-9(2)21-15(11(8)6-17)18-7-10-4-12(16)14(19)13(5-10)20-3/h4-5,7,19H,1-3H3. The van der Waals surface area contributed by atoms with Gasteiger partial charge in [0.1, 0.15) is 17.4 Å². The van der Waals surface area contributed by atoms with E-state index in [9.17, 15) is 5.11 Å². The van der Waals surface area contributed by atoms with Crippen LogP contribution in [0.5, 0.6) is 11.5 Å². The number of aryl methyl sites for hydroxylation is 1. The molecule has 0 aliphatic carbocycles. The van der Waals surface area contributed by atoms with E-state index < -0.39 is 0 Å². The van der Waals surface area contributed by atoms with E-state index in [2.05, 4.69) is 11.1 Å². The Morgan fingerprint density at radius 3 is 2.76 bits per heavy atom. The highest BCUT2D eigenvalue weighted by Crippen LogP contribution is 2.32. The molecule has 1 aromatic carbocycles. The minimum atomic E-state index is 0.0950. The van der Waals surface area contributed by atoms with Crippen LogP contribution in [0, 0.1) is 28.7 Å². The van der Waals surface area contributed by atoms with Crippen molar-refractivity contribution in [3.05, 3.63) is 38.2 Å². The van der Waals surface area contributed by atoms with Crippen molar-refractivity contribution in [1.82, 2.24) is 0 Å². The number of rotatable bonds is 3. The van der Waals surface area contributed by atoms with Crippen molar-refractivity contribution in [2.24, 2.45) is 4.99 Å². The quantitative estimate of drug-likeness (QED) is 0.632. The van der Waals surface area contributed by atoms with Crippen molar-refractivity contribution in [1.29, 1.82) is 5.26 Å². The zero-order valence-electron chi connectivity index (χ0n) is 11.8. The Morgan fingerprint density at radius 1 is 1.43 bits per heavy atom. The van der Waals surface area contributed by atoms with Crippen molar-refractivity contribution in [3.63, 3.8) is 0 Å². The van der Waals surface area contributed by atoms with Gasteiger partial charge >= 0.3 is 0 Å². The van der Waals surface area contributed by atoms with Gasteiger partial charge in [0.25, 0.3) is 0 Å². The fraction of sp³-hybridized carbons (Fsp3) is 0.200. The van der Waals surface area contributed by atoms with Crippen LogP contribution >= 0.6 is 22.6 Å². The van der Waals surface area contributed by atoms with Gasteiger partial charge in [0, 0.05) is 11.8 Å². The SMILES string of the molecule is COc1cc(C=Nc2oc(C)c(C)c2C#N)cc(I)c1O. The molecule has 0 saturated heterocycles. The second-order valence-corrected chi connectivity index (χ2v) is 5.55. The molecule has 0 amide bonds. The summed E-state index contributed by atoms with van der Waals surface area (Å²) in [6, 6.07) is 5.51. The van der Waals surface area contributed by atoms with Crippen LogP contribution in [0.3, 0.4) is 0 Å². The van der Waals surface area contributed by atoms with Crippen molar-refractivity contribution in [2.45, 2.75) is 13.8 Å². The molecule has 2 aromatic rings. The summed E-state index contributed by atoms with van der Waals surface area (Å²) in [7, 11) is 1.49. The number of phenols is 1. The Kier molecular flexibility index (Phi) is 4.53. The normalized spacial score (nSPS) is 10.8. The van der Waals surface area contributed by atoms with Crippen molar-refractivity contribution in [3.8, 4) is 17.6 Å². The highest BCUT2D eigenvalue weighted by atomic mass is 127. The maximum absolute atomic E-state index is 9.79. The fourth-order valence-corrected chi connectivity index (χ4v) is 2.41. The van der Waals surface area contributed by atoms with E-state index in [-0.39, 0.29) is 11.6 Å². The molecule has 2 rings (SSSR count). The van der Waals surface area contributed by atoms with Gasteiger partial charge < -0.3 is 14.3 Å². The van der Waals surface area contributed by atoms with E-state index >= 15 is 0 Å². The van der Waals surface area contributed by atoms with Gasteiger partial charge in [-0.1, -0.05) is 0 Å². The number of hydrogen-bond donors (Lipinski definition) is 1. The molecule has 1 N–H and O–H groups in total. The van der Waals surface area contributed by atoms with E-state index in [0.717, 1.165) is 11.1 Å². The van der Waals surface area contributed by atoms with Gasteiger partial charge in [-0.05, 0) is 54.1 Å². The lowest BCUT2D eigenvalue weighted by Gasteiger charge is -2.06. The van der Waals surface area contributed by atoms with Crippen molar-refractivity contribution in [2.75, 3.05) is 7.11 Å². The predicted molar refractivity (Wildman–Crippen MR) is 87.5 cm³/mol. The maximum Gasteiger partial charge on any atom is 0.237 e. The van der Waals surface area contributed by atoms with Crippen molar-refractivity contribution >= 4 is 34.7 Å². The number of benzene rings is 1. The highest BCUT2D eigenvalue weighted by molar-refractivity contribution is 14.1. The number of aliphatic imine (C=N–C) groups is 1. The number of ether oxygens (including phenoxy) is 1. The number of furan rings is 1. The minimum Gasteiger partial charge on any atom is -0.504 e. The van der Waals surface area contributed by atoms with Crippen LogP contribution in [-0.2, 0) is 0 Å². The molecule has 0 spiro atoms. The summed E-state index contributed by atoms with van der Waals surface area (Å²) in [5.41, 5.74) is 1.97. The summed E-state index contributed by atoms with van der Waals surface area (Å²) < 4.78 is 11.2. The molecule has 6 heteroatoms. The van der Waals surface area contributed by atoms with E-state index in [1.54, 1.807) is 25.3 Å². The Morgan fingerprint density at radius 2 is 2.14 bits per heavy atom. The number of nitriles is 1. The van der Waals surface area contributed by atoms with Gasteiger partial charge in [-0.15, -0.1) is 0 Å². The van der Waals surface area contributed by atoms with E-state index in [0.29, 0.717) is 20.6 Å². The fourth-order valence-electron chi connectivity index (χ4n) is 1.79. The minimum absolute atomic E-state index is 0.0950.